The number of anilines is 6. The van der Waals surface area contributed by atoms with E-state index in [-0.39, 0.29) is 23.0 Å². The number of benzene rings is 19. The standard InChI is InChI=1S/C114H87BN4/c1-112(2,3)74-64-101-107-102(65-74)119(109-79(72-40-18-12-19-41-72)58-35-59-80(109)73-42-20-13-21-43-73)98-67-76(117-100-69-94(114(7,8)9)86-49-27-31-53-90(86)104(100)106-88-51-29-23-45-82(88)84-47-25-33-55-92(84)111(106)117)61-63-96(98)115(107)95-62-60-75(66-97(95)118(101)108-77(70-36-14-10-15-37-70)56-34-57-78(108)71-38-16-11-17-39-71)116-99-68-93(113(4,5)6)85-48-26-30-52-89(85)103(99)105-87-50-28-22-44-81(87)83-46-24-32-54-91(83)110(105)116/h10-69H,1-9H3. The maximum atomic E-state index is 2.74. The third kappa shape index (κ3) is 10.6. The Kier molecular flexibility index (Phi) is 15.5. The number of fused-ring (bicyclic) bond motifs is 24. The Labute approximate surface area is 694 Å². The Balaban J connectivity index is 0.913. The maximum absolute atomic E-state index is 2.74. The van der Waals surface area contributed by atoms with Gasteiger partial charge in [-0.1, -0.05) is 378 Å². The molecule has 0 atom stereocenters. The molecule has 0 fully saturated rings. The van der Waals surface area contributed by atoms with Gasteiger partial charge < -0.3 is 18.9 Å². The predicted octanol–water partition coefficient (Wildman–Crippen LogP) is 29.4. The van der Waals surface area contributed by atoms with Crippen molar-refractivity contribution < 1.29 is 0 Å². The minimum atomic E-state index is -0.369. The predicted molar refractivity (Wildman–Crippen MR) is 512 cm³/mol. The quantitative estimate of drug-likeness (QED) is 0.111. The smallest absolute Gasteiger partial charge is 0.252 e. The summed E-state index contributed by atoms with van der Waals surface area (Å²) in [5.41, 5.74) is 29.6. The summed E-state index contributed by atoms with van der Waals surface area (Å²) in [6.07, 6.45) is 0. The van der Waals surface area contributed by atoms with Crippen molar-refractivity contribution in [3.05, 3.63) is 381 Å². The molecule has 2 aromatic heterocycles. The molecule has 21 aromatic rings. The summed E-state index contributed by atoms with van der Waals surface area (Å²) in [6, 6.07) is 139. The Morgan fingerprint density at radius 3 is 0.832 bits per heavy atom. The fourth-order valence-corrected chi connectivity index (χ4v) is 21.0. The molecule has 0 spiro atoms. The molecule has 19 aromatic carbocycles. The van der Waals surface area contributed by atoms with Crippen LogP contribution in [0, 0.1) is 0 Å². The summed E-state index contributed by atoms with van der Waals surface area (Å²) in [5.74, 6) is 0. The van der Waals surface area contributed by atoms with Crippen LogP contribution in [0.5, 0.6) is 0 Å². The van der Waals surface area contributed by atoms with Crippen LogP contribution in [0.25, 0.3) is 164 Å². The van der Waals surface area contributed by atoms with Crippen LogP contribution in [0.1, 0.15) is 79.0 Å². The lowest BCUT2D eigenvalue weighted by atomic mass is 9.33. The molecule has 4 nitrogen and oxygen atoms in total. The number of rotatable bonds is 8. The van der Waals surface area contributed by atoms with Crippen molar-refractivity contribution in [3.8, 4) is 55.9 Å². The van der Waals surface area contributed by atoms with Gasteiger partial charge in [0.05, 0.1) is 33.4 Å². The fraction of sp³-hybridized carbons (Fsp3) is 0.105. The first-order valence-electron chi connectivity index (χ1n) is 42.2. The molecule has 0 saturated carbocycles. The van der Waals surface area contributed by atoms with Gasteiger partial charge in [0.2, 0.25) is 0 Å². The first-order chi connectivity index (χ1) is 58.0. The van der Waals surface area contributed by atoms with Gasteiger partial charge in [-0.15, -0.1) is 0 Å². The molecule has 0 radical (unpaired) electrons. The van der Waals surface area contributed by atoms with Crippen LogP contribution in [0.15, 0.2) is 364 Å². The van der Waals surface area contributed by atoms with E-state index in [9.17, 15) is 0 Å². The zero-order valence-corrected chi connectivity index (χ0v) is 68.5. The van der Waals surface area contributed by atoms with E-state index in [2.05, 4.69) is 445 Å². The van der Waals surface area contributed by atoms with Crippen molar-refractivity contribution in [1.82, 2.24) is 9.13 Å². The van der Waals surface area contributed by atoms with Gasteiger partial charge in [0.1, 0.15) is 0 Å². The van der Waals surface area contributed by atoms with E-state index < -0.39 is 0 Å². The summed E-state index contributed by atoms with van der Waals surface area (Å²) < 4.78 is 5.35. The van der Waals surface area contributed by atoms with Crippen molar-refractivity contribution in [3.63, 3.8) is 0 Å². The van der Waals surface area contributed by atoms with Gasteiger partial charge in [-0.2, -0.15) is 0 Å². The molecule has 0 aliphatic carbocycles. The van der Waals surface area contributed by atoms with E-state index >= 15 is 0 Å². The first-order valence-corrected chi connectivity index (χ1v) is 42.2. The van der Waals surface area contributed by atoms with Crippen LogP contribution in [0.2, 0.25) is 0 Å². The van der Waals surface area contributed by atoms with Crippen molar-refractivity contribution in [1.29, 1.82) is 0 Å². The summed E-state index contributed by atoms with van der Waals surface area (Å²) in [4.78, 5) is 5.49. The van der Waals surface area contributed by atoms with Crippen LogP contribution in [-0.2, 0) is 16.2 Å². The Bertz CT molecular complexity index is 7270. The summed E-state index contributed by atoms with van der Waals surface area (Å²) >= 11 is 0. The Morgan fingerprint density at radius 1 is 0.227 bits per heavy atom. The highest BCUT2D eigenvalue weighted by Crippen LogP contribution is 2.57. The molecule has 0 amide bonds. The number of para-hydroxylation sites is 2. The second-order valence-corrected chi connectivity index (χ2v) is 36.2. The second kappa shape index (κ2) is 26.3. The normalized spacial score (nSPS) is 13.0. The zero-order valence-electron chi connectivity index (χ0n) is 68.5. The minimum absolute atomic E-state index is 0.202. The van der Waals surface area contributed by atoms with Crippen LogP contribution in [0.4, 0.5) is 34.1 Å². The van der Waals surface area contributed by atoms with E-state index in [1.165, 1.54) is 141 Å². The lowest BCUT2D eigenvalue weighted by Gasteiger charge is -2.46. The number of nitrogens with zero attached hydrogens (tertiary/aromatic N) is 4. The third-order valence-corrected chi connectivity index (χ3v) is 26.2. The number of hydrogen-bond donors (Lipinski definition) is 0. The van der Waals surface area contributed by atoms with E-state index in [1.54, 1.807) is 0 Å². The SMILES string of the molecule is CC(C)(C)c1cc2c3c(c1)N(c1c(-c4ccccc4)cccc1-c1ccccc1)c1cc(-n4c5cc(C(C)(C)C)c6ccccc6c5c5c6ccccc6c6ccccc6c54)ccc1B3c1ccc(-n3c4cc(C(C)(C)C)c5ccccc5c4c4c5ccccc5c5ccccc5c43)cc1N2c1c(-c2ccccc2)cccc1-c1ccccc1. The lowest BCUT2D eigenvalue weighted by molar-refractivity contribution is 0.590. The summed E-state index contributed by atoms with van der Waals surface area (Å²) in [7, 11) is 0. The van der Waals surface area contributed by atoms with Crippen molar-refractivity contribution >= 4 is 165 Å². The number of aromatic nitrogens is 2. The maximum Gasteiger partial charge on any atom is 0.252 e. The highest BCUT2D eigenvalue weighted by atomic mass is 15.2. The van der Waals surface area contributed by atoms with E-state index in [0.29, 0.717) is 0 Å². The largest absolute Gasteiger partial charge is 0.310 e. The molecule has 119 heavy (non-hydrogen) atoms. The third-order valence-electron chi connectivity index (χ3n) is 26.2. The van der Waals surface area contributed by atoms with Crippen LogP contribution < -0.4 is 26.2 Å². The molecule has 4 heterocycles. The molecule has 0 N–H and O–H groups in total. The minimum Gasteiger partial charge on any atom is -0.310 e. The molecule has 5 heteroatoms. The van der Waals surface area contributed by atoms with Crippen molar-refractivity contribution in [2.24, 2.45) is 0 Å². The van der Waals surface area contributed by atoms with Gasteiger partial charge in [-0.05, 0) is 174 Å². The average Bonchev–Trinajstić information content (AvgIpc) is 1.68. The molecule has 0 saturated heterocycles. The molecular formula is C114H87BN4. The second-order valence-electron chi connectivity index (χ2n) is 36.2. The van der Waals surface area contributed by atoms with Gasteiger partial charge in [0.15, 0.2) is 0 Å². The van der Waals surface area contributed by atoms with Gasteiger partial charge in [-0.3, -0.25) is 0 Å². The topological polar surface area (TPSA) is 16.3 Å². The fourth-order valence-electron chi connectivity index (χ4n) is 21.0. The van der Waals surface area contributed by atoms with Gasteiger partial charge in [0, 0.05) is 88.7 Å². The molecule has 0 bridgehead atoms. The van der Waals surface area contributed by atoms with Gasteiger partial charge in [0.25, 0.3) is 6.71 Å². The van der Waals surface area contributed by atoms with Crippen LogP contribution in [0.3, 0.4) is 0 Å². The average molecular weight is 1520 g/mol. The first kappa shape index (κ1) is 70.4. The molecule has 0 unspecified atom stereocenters. The van der Waals surface area contributed by atoms with Crippen LogP contribution >= 0.6 is 0 Å². The van der Waals surface area contributed by atoms with E-state index in [1.807, 2.05) is 0 Å². The molecular weight excluding hydrogens is 1440 g/mol. The van der Waals surface area contributed by atoms with Gasteiger partial charge >= 0.3 is 0 Å². The molecule has 2 aliphatic heterocycles. The van der Waals surface area contributed by atoms with Gasteiger partial charge in [-0.25, -0.2) is 0 Å². The van der Waals surface area contributed by atoms with E-state index in [4.69, 9.17) is 0 Å². The summed E-state index contributed by atoms with van der Waals surface area (Å²) in [5, 5.41) is 20.0. The highest BCUT2D eigenvalue weighted by Gasteiger charge is 2.47. The Morgan fingerprint density at radius 2 is 0.513 bits per heavy atom. The monoisotopic (exact) mass is 1520 g/mol. The molecule has 566 valence electrons. The summed E-state index contributed by atoms with van der Waals surface area (Å²) in [6.45, 7) is 21.2. The zero-order chi connectivity index (χ0) is 80.1. The van der Waals surface area contributed by atoms with Crippen molar-refractivity contribution in [2.75, 3.05) is 9.80 Å². The highest BCUT2D eigenvalue weighted by molar-refractivity contribution is 7.00. The van der Waals surface area contributed by atoms with Crippen molar-refractivity contribution in [2.45, 2.75) is 78.6 Å². The molecule has 23 rings (SSSR count). The van der Waals surface area contributed by atoms with Crippen LogP contribution in [-0.4, -0.2) is 15.8 Å². The van der Waals surface area contributed by atoms with E-state index in [0.717, 1.165) is 90.0 Å². The molecule has 2 aliphatic rings. The lowest BCUT2D eigenvalue weighted by Crippen LogP contribution is -2.61. The Hall–Kier alpha value is -14.0. The number of hydrogen-bond acceptors (Lipinski definition) is 2.